The third-order valence-corrected chi connectivity index (χ3v) is 2.40. The van der Waals surface area contributed by atoms with E-state index in [9.17, 15) is 10.1 Å². The van der Waals surface area contributed by atoms with E-state index in [1.807, 2.05) is 0 Å². The second-order valence-electron chi connectivity index (χ2n) is 3.08. The minimum absolute atomic E-state index is 0.102. The molecule has 1 rings (SSSR count). The molecule has 82 valence electrons. The number of ether oxygens (including phenoxy) is 1. The van der Waals surface area contributed by atoms with Gasteiger partial charge in [0.05, 0.1) is 12.0 Å². The predicted molar refractivity (Wildman–Crippen MR) is 61.8 cm³/mol. The van der Waals surface area contributed by atoms with E-state index in [0.29, 0.717) is 5.75 Å². The molecule has 0 aromatic heterocycles. The third-order valence-electron chi connectivity index (χ3n) is 2.08. The lowest BCUT2D eigenvalue weighted by atomic mass is 10.1. The Hall–Kier alpha value is -1.23. The molecule has 0 aliphatic heterocycles. The van der Waals surface area contributed by atoms with Crippen molar-refractivity contribution in [3.8, 4) is 5.75 Å². The van der Waals surface area contributed by atoms with Gasteiger partial charge in [-0.25, -0.2) is 0 Å². The highest BCUT2D eigenvalue weighted by Gasteiger charge is 2.10. The first-order valence-corrected chi connectivity index (χ1v) is 5.24. The number of nitrogens with zero attached hydrogens (tertiary/aromatic N) is 1. The first kappa shape index (κ1) is 11.8. The summed E-state index contributed by atoms with van der Waals surface area (Å²) in [6, 6.07) is 4.64. The minimum Gasteiger partial charge on any atom is -0.496 e. The lowest BCUT2D eigenvalue weighted by molar-refractivity contribution is -0.384. The van der Waals surface area contributed by atoms with Crippen LogP contribution in [0.4, 0.5) is 5.69 Å². The number of thiol groups is 1. The van der Waals surface area contributed by atoms with Crippen LogP contribution in [0.1, 0.15) is 12.0 Å². The zero-order valence-corrected chi connectivity index (χ0v) is 9.37. The first-order chi connectivity index (χ1) is 7.19. The Morgan fingerprint density at radius 3 is 2.80 bits per heavy atom. The summed E-state index contributed by atoms with van der Waals surface area (Å²) in [4.78, 5) is 10.2. The molecule has 0 radical (unpaired) electrons. The maximum atomic E-state index is 10.6. The topological polar surface area (TPSA) is 52.4 Å². The fraction of sp³-hybridized carbons (Fsp3) is 0.400. The fourth-order valence-electron chi connectivity index (χ4n) is 1.34. The number of aryl methyl sites for hydroxylation is 1. The maximum Gasteiger partial charge on any atom is 0.269 e. The van der Waals surface area contributed by atoms with Crippen LogP contribution in [0.3, 0.4) is 0 Å². The van der Waals surface area contributed by atoms with Crippen molar-refractivity contribution in [1.29, 1.82) is 0 Å². The van der Waals surface area contributed by atoms with Crippen LogP contribution in [0, 0.1) is 10.1 Å². The van der Waals surface area contributed by atoms with Crippen molar-refractivity contribution in [2.24, 2.45) is 0 Å². The van der Waals surface area contributed by atoms with Crippen LogP contribution in [0.5, 0.6) is 5.75 Å². The molecule has 0 amide bonds. The van der Waals surface area contributed by atoms with Gasteiger partial charge in [0.2, 0.25) is 0 Å². The van der Waals surface area contributed by atoms with E-state index < -0.39 is 4.92 Å². The Kier molecular flexibility index (Phi) is 4.42. The zero-order valence-electron chi connectivity index (χ0n) is 8.47. The third kappa shape index (κ3) is 3.13. The lowest BCUT2D eigenvalue weighted by Crippen LogP contribution is -1.96. The summed E-state index contributed by atoms with van der Waals surface area (Å²) in [7, 11) is 1.56. The van der Waals surface area contributed by atoms with Crippen LogP contribution in [-0.2, 0) is 6.42 Å². The van der Waals surface area contributed by atoms with Crippen LogP contribution >= 0.6 is 12.6 Å². The van der Waals surface area contributed by atoms with Gasteiger partial charge in [-0.05, 0) is 24.7 Å². The Bertz CT molecular complexity index is 355. The highest BCUT2D eigenvalue weighted by Crippen LogP contribution is 2.25. The molecule has 0 aliphatic rings. The molecule has 0 bridgehead atoms. The molecule has 1 aromatic carbocycles. The van der Waals surface area contributed by atoms with E-state index >= 15 is 0 Å². The van der Waals surface area contributed by atoms with Gasteiger partial charge >= 0.3 is 0 Å². The van der Waals surface area contributed by atoms with Crippen molar-refractivity contribution in [2.45, 2.75) is 12.8 Å². The summed E-state index contributed by atoms with van der Waals surface area (Å²) in [5, 5.41) is 10.6. The molecule has 1 aromatic rings. The monoisotopic (exact) mass is 227 g/mol. The molecule has 15 heavy (non-hydrogen) atoms. The lowest BCUT2D eigenvalue weighted by Gasteiger charge is -2.07. The SMILES string of the molecule is COc1ccc([N+](=O)[O-])cc1CCCS. The average molecular weight is 227 g/mol. The van der Waals surface area contributed by atoms with Crippen molar-refractivity contribution in [2.75, 3.05) is 12.9 Å². The van der Waals surface area contributed by atoms with Gasteiger partial charge in [0.15, 0.2) is 0 Å². The molecule has 0 saturated heterocycles. The molecule has 0 heterocycles. The molecule has 0 N–H and O–H groups in total. The van der Waals surface area contributed by atoms with E-state index in [0.717, 1.165) is 24.2 Å². The summed E-state index contributed by atoms with van der Waals surface area (Å²) in [6.07, 6.45) is 1.62. The second kappa shape index (κ2) is 5.60. The van der Waals surface area contributed by atoms with Crippen LogP contribution in [0.25, 0.3) is 0 Å². The number of non-ortho nitro benzene ring substituents is 1. The Balaban J connectivity index is 2.96. The number of nitro benzene ring substituents is 1. The zero-order chi connectivity index (χ0) is 11.3. The Morgan fingerprint density at radius 2 is 2.27 bits per heavy atom. The number of methoxy groups -OCH3 is 1. The van der Waals surface area contributed by atoms with E-state index in [4.69, 9.17) is 4.74 Å². The summed E-state index contributed by atoms with van der Waals surface area (Å²) >= 11 is 4.11. The van der Waals surface area contributed by atoms with E-state index in [1.165, 1.54) is 6.07 Å². The van der Waals surface area contributed by atoms with Crippen molar-refractivity contribution in [1.82, 2.24) is 0 Å². The summed E-state index contributed by atoms with van der Waals surface area (Å²) < 4.78 is 5.13. The van der Waals surface area contributed by atoms with Gasteiger partial charge in [0.25, 0.3) is 5.69 Å². The van der Waals surface area contributed by atoms with Crippen LogP contribution < -0.4 is 4.74 Å². The minimum atomic E-state index is -0.399. The van der Waals surface area contributed by atoms with E-state index in [2.05, 4.69) is 12.6 Å². The number of benzene rings is 1. The Labute approximate surface area is 93.8 Å². The smallest absolute Gasteiger partial charge is 0.269 e. The van der Waals surface area contributed by atoms with Crippen molar-refractivity contribution < 1.29 is 9.66 Å². The quantitative estimate of drug-likeness (QED) is 0.477. The summed E-state index contributed by atoms with van der Waals surface area (Å²) in [6.45, 7) is 0. The normalized spacial score (nSPS) is 10.0. The molecule has 0 unspecified atom stereocenters. The van der Waals surface area contributed by atoms with Crippen molar-refractivity contribution in [3.05, 3.63) is 33.9 Å². The number of hydrogen-bond acceptors (Lipinski definition) is 4. The highest BCUT2D eigenvalue weighted by atomic mass is 32.1. The van der Waals surface area contributed by atoms with Gasteiger partial charge < -0.3 is 4.74 Å². The maximum absolute atomic E-state index is 10.6. The Morgan fingerprint density at radius 1 is 1.53 bits per heavy atom. The van der Waals surface area contributed by atoms with Gasteiger partial charge in [-0.15, -0.1) is 0 Å². The molecule has 0 atom stereocenters. The van der Waals surface area contributed by atoms with E-state index in [1.54, 1.807) is 19.2 Å². The van der Waals surface area contributed by atoms with Crippen LogP contribution in [0.2, 0.25) is 0 Å². The van der Waals surface area contributed by atoms with Gasteiger partial charge in [0, 0.05) is 17.7 Å². The van der Waals surface area contributed by atoms with Gasteiger partial charge in [-0.1, -0.05) is 0 Å². The molecule has 0 spiro atoms. The van der Waals surface area contributed by atoms with Crippen LogP contribution in [-0.4, -0.2) is 17.8 Å². The van der Waals surface area contributed by atoms with E-state index in [-0.39, 0.29) is 5.69 Å². The predicted octanol–water partition coefficient (Wildman–Crippen LogP) is 2.47. The van der Waals surface area contributed by atoms with Crippen molar-refractivity contribution in [3.63, 3.8) is 0 Å². The first-order valence-electron chi connectivity index (χ1n) is 4.61. The summed E-state index contributed by atoms with van der Waals surface area (Å²) in [5.41, 5.74) is 0.964. The van der Waals surface area contributed by atoms with Gasteiger partial charge in [-0.3, -0.25) is 10.1 Å². The number of nitro groups is 1. The van der Waals surface area contributed by atoms with Gasteiger partial charge in [-0.2, -0.15) is 12.6 Å². The molecular weight excluding hydrogens is 214 g/mol. The number of hydrogen-bond donors (Lipinski definition) is 1. The van der Waals surface area contributed by atoms with Crippen LogP contribution in [0.15, 0.2) is 18.2 Å². The molecular formula is C10H13NO3S. The average Bonchev–Trinajstić information content (AvgIpc) is 2.25. The molecule has 0 fully saturated rings. The second-order valence-corrected chi connectivity index (χ2v) is 3.53. The molecule has 0 aliphatic carbocycles. The number of rotatable bonds is 5. The highest BCUT2D eigenvalue weighted by molar-refractivity contribution is 7.80. The molecule has 5 heteroatoms. The van der Waals surface area contributed by atoms with Gasteiger partial charge in [0.1, 0.15) is 5.75 Å². The summed E-state index contributed by atoms with van der Waals surface area (Å²) in [5.74, 6) is 1.45. The molecule has 4 nitrogen and oxygen atoms in total. The largest absolute Gasteiger partial charge is 0.496 e. The molecule has 0 saturated carbocycles. The standard InChI is InChI=1S/C10H13NO3S/c1-14-10-5-4-9(11(12)13)7-8(10)3-2-6-15/h4-5,7,15H,2-3,6H2,1H3. The van der Waals surface area contributed by atoms with Crippen molar-refractivity contribution >= 4 is 18.3 Å². The fourth-order valence-corrected chi connectivity index (χ4v) is 1.50.